The van der Waals surface area contributed by atoms with Gasteiger partial charge in [-0.15, -0.1) is 0 Å². The summed E-state index contributed by atoms with van der Waals surface area (Å²) >= 11 is 0. The number of benzene rings is 2. The number of rotatable bonds is 4. The lowest BCUT2D eigenvalue weighted by Gasteiger charge is -2.24. The Labute approximate surface area is 137 Å². The molecule has 1 unspecified atom stereocenters. The Morgan fingerprint density at radius 1 is 1.00 bits per heavy atom. The van der Waals surface area contributed by atoms with Gasteiger partial charge in [-0.1, -0.05) is 30.3 Å². The lowest BCUT2D eigenvalue weighted by molar-refractivity contribution is -0.143. The van der Waals surface area contributed by atoms with Crippen molar-refractivity contribution >= 4 is 16.6 Å². The zero-order chi connectivity index (χ0) is 17.2. The lowest BCUT2D eigenvalue weighted by atomic mass is 10.1. The second-order valence-corrected chi connectivity index (χ2v) is 5.27. The fraction of sp³-hybridized carbons (Fsp3) is 0.167. The van der Waals surface area contributed by atoms with Crippen molar-refractivity contribution in [2.45, 2.75) is 12.2 Å². The van der Waals surface area contributed by atoms with Gasteiger partial charge in [-0.05, 0) is 29.8 Å². The number of hydrogen-bond donors (Lipinski definition) is 1. The van der Waals surface area contributed by atoms with Gasteiger partial charge in [-0.3, -0.25) is 4.98 Å². The van der Waals surface area contributed by atoms with Crippen LogP contribution in [0, 0.1) is 0 Å². The molecule has 1 heterocycles. The molecule has 0 saturated carbocycles. The molecule has 1 aromatic heterocycles. The Morgan fingerprint density at radius 2 is 1.71 bits per heavy atom. The van der Waals surface area contributed by atoms with E-state index in [1.54, 1.807) is 24.4 Å². The molecule has 1 atom stereocenters. The maximum atomic E-state index is 13.6. The highest BCUT2D eigenvalue weighted by Crippen LogP contribution is 2.37. The van der Waals surface area contributed by atoms with Gasteiger partial charge in [0.1, 0.15) is 11.8 Å². The van der Waals surface area contributed by atoms with Crippen LogP contribution in [-0.4, -0.2) is 18.3 Å². The van der Waals surface area contributed by atoms with Crippen LogP contribution >= 0.6 is 0 Å². The lowest BCUT2D eigenvalue weighted by Crippen LogP contribution is -2.28. The number of pyridine rings is 1. The summed E-state index contributed by atoms with van der Waals surface area (Å²) in [5.41, 5.74) is 0.949. The van der Waals surface area contributed by atoms with Crippen molar-refractivity contribution in [3.05, 3.63) is 66.4 Å². The molecule has 3 nitrogen and oxygen atoms in total. The molecule has 0 aliphatic carbocycles. The van der Waals surface area contributed by atoms with Crippen LogP contribution in [0.1, 0.15) is 11.6 Å². The fourth-order valence-electron chi connectivity index (χ4n) is 2.53. The Hall–Kier alpha value is -2.76. The smallest absolute Gasteiger partial charge is 0.412 e. The van der Waals surface area contributed by atoms with Crippen LogP contribution in [0.3, 0.4) is 0 Å². The molecule has 3 rings (SSSR count). The van der Waals surface area contributed by atoms with Gasteiger partial charge in [-0.2, -0.15) is 13.2 Å². The average molecular weight is 332 g/mol. The number of anilines is 1. The van der Waals surface area contributed by atoms with Crippen LogP contribution in [0.5, 0.6) is 5.75 Å². The van der Waals surface area contributed by atoms with Crippen molar-refractivity contribution in [3.8, 4) is 5.75 Å². The van der Waals surface area contributed by atoms with Gasteiger partial charge < -0.3 is 10.1 Å². The molecule has 0 spiro atoms. The molecule has 2 aromatic carbocycles. The van der Waals surface area contributed by atoms with Gasteiger partial charge in [0, 0.05) is 11.6 Å². The number of nitrogens with zero attached hydrogens (tertiary/aromatic N) is 1. The number of para-hydroxylation sites is 1. The van der Waals surface area contributed by atoms with E-state index in [1.807, 2.05) is 12.1 Å². The third-order valence-corrected chi connectivity index (χ3v) is 3.71. The largest absolute Gasteiger partial charge is 0.497 e. The minimum atomic E-state index is -4.45. The van der Waals surface area contributed by atoms with E-state index in [9.17, 15) is 13.2 Å². The number of methoxy groups -OCH3 is 1. The van der Waals surface area contributed by atoms with E-state index in [2.05, 4.69) is 10.3 Å². The van der Waals surface area contributed by atoms with Crippen molar-refractivity contribution in [3.63, 3.8) is 0 Å². The standard InChI is InChI=1S/C18H15F3N2O/c1-24-14-9-7-13(8-10-14)17(18(19,20)21)23-15-6-2-4-12-5-3-11-22-16(12)15/h2-11,17,23H,1H3. The molecule has 24 heavy (non-hydrogen) atoms. The molecule has 0 bridgehead atoms. The summed E-state index contributed by atoms with van der Waals surface area (Å²) in [5.74, 6) is 0.506. The maximum Gasteiger partial charge on any atom is 0.412 e. The first kappa shape index (κ1) is 16.1. The monoisotopic (exact) mass is 332 g/mol. The molecule has 0 fully saturated rings. The molecule has 0 radical (unpaired) electrons. The molecule has 6 heteroatoms. The number of alkyl halides is 3. The van der Waals surface area contributed by atoms with E-state index < -0.39 is 12.2 Å². The summed E-state index contributed by atoms with van der Waals surface area (Å²) < 4.78 is 45.7. The number of halogens is 3. The fourth-order valence-corrected chi connectivity index (χ4v) is 2.53. The first-order valence-electron chi connectivity index (χ1n) is 7.30. The van der Waals surface area contributed by atoms with Crippen LogP contribution < -0.4 is 10.1 Å². The molecule has 1 N–H and O–H groups in total. The summed E-state index contributed by atoms with van der Waals surface area (Å²) in [6, 6.07) is 12.7. The Morgan fingerprint density at radius 3 is 2.38 bits per heavy atom. The van der Waals surface area contributed by atoms with Crippen molar-refractivity contribution in [1.29, 1.82) is 0 Å². The molecule has 0 aliphatic heterocycles. The van der Waals surface area contributed by atoms with Crippen LogP contribution in [-0.2, 0) is 0 Å². The summed E-state index contributed by atoms with van der Waals surface area (Å²) in [6.07, 6.45) is -2.89. The van der Waals surface area contributed by atoms with Crippen LogP contribution in [0.4, 0.5) is 18.9 Å². The van der Waals surface area contributed by atoms with E-state index >= 15 is 0 Å². The summed E-state index contributed by atoms with van der Waals surface area (Å²) in [4.78, 5) is 4.19. The molecule has 0 aliphatic rings. The summed E-state index contributed by atoms with van der Waals surface area (Å²) in [7, 11) is 1.47. The Bertz CT molecular complexity index is 826. The zero-order valence-electron chi connectivity index (χ0n) is 12.8. The molecule has 3 aromatic rings. The van der Waals surface area contributed by atoms with Gasteiger partial charge in [-0.25, -0.2) is 0 Å². The molecule has 0 saturated heterocycles. The maximum absolute atomic E-state index is 13.6. The first-order valence-corrected chi connectivity index (χ1v) is 7.30. The van der Waals surface area contributed by atoms with Crippen LogP contribution in [0.2, 0.25) is 0 Å². The predicted octanol–water partition coefficient (Wildman–Crippen LogP) is 4.96. The third-order valence-electron chi connectivity index (χ3n) is 3.71. The van der Waals surface area contributed by atoms with Gasteiger partial charge in [0.15, 0.2) is 0 Å². The highest BCUT2D eigenvalue weighted by molar-refractivity contribution is 5.90. The van der Waals surface area contributed by atoms with Crippen molar-refractivity contribution in [1.82, 2.24) is 4.98 Å². The van der Waals surface area contributed by atoms with Crippen molar-refractivity contribution in [2.24, 2.45) is 0 Å². The minimum absolute atomic E-state index is 0.108. The number of hydrogen-bond acceptors (Lipinski definition) is 3. The van der Waals surface area contributed by atoms with Crippen LogP contribution in [0.25, 0.3) is 10.9 Å². The van der Waals surface area contributed by atoms with Crippen LogP contribution in [0.15, 0.2) is 60.8 Å². The highest BCUT2D eigenvalue weighted by atomic mass is 19.4. The quantitative estimate of drug-likeness (QED) is 0.733. The Kier molecular flexibility index (Phi) is 4.29. The van der Waals surface area contributed by atoms with E-state index in [0.717, 1.165) is 5.39 Å². The van der Waals surface area contributed by atoms with E-state index in [0.29, 0.717) is 17.0 Å². The van der Waals surface area contributed by atoms with E-state index in [-0.39, 0.29) is 5.56 Å². The number of aromatic nitrogens is 1. The van der Waals surface area contributed by atoms with Gasteiger partial charge in [0.05, 0.1) is 18.3 Å². The number of nitrogens with one attached hydrogen (secondary N) is 1. The predicted molar refractivity (Wildman–Crippen MR) is 87.2 cm³/mol. The summed E-state index contributed by atoms with van der Waals surface area (Å²) in [6.45, 7) is 0. The van der Waals surface area contributed by atoms with Crippen molar-refractivity contribution < 1.29 is 17.9 Å². The van der Waals surface area contributed by atoms with E-state index in [1.165, 1.54) is 31.4 Å². The minimum Gasteiger partial charge on any atom is -0.497 e. The molecular formula is C18H15F3N2O. The second kappa shape index (κ2) is 6.39. The van der Waals surface area contributed by atoms with Gasteiger partial charge in [0.25, 0.3) is 0 Å². The second-order valence-electron chi connectivity index (χ2n) is 5.27. The molecular weight excluding hydrogens is 317 g/mol. The molecule has 124 valence electrons. The molecule has 0 amide bonds. The van der Waals surface area contributed by atoms with E-state index in [4.69, 9.17) is 4.74 Å². The highest BCUT2D eigenvalue weighted by Gasteiger charge is 2.41. The zero-order valence-corrected chi connectivity index (χ0v) is 12.8. The first-order chi connectivity index (χ1) is 11.5. The SMILES string of the molecule is COc1ccc(C(Nc2cccc3cccnc23)C(F)(F)F)cc1. The normalized spacial score (nSPS) is 12.8. The Balaban J connectivity index is 2.00. The van der Waals surface area contributed by atoms with Crippen molar-refractivity contribution in [2.75, 3.05) is 12.4 Å². The number of ether oxygens (including phenoxy) is 1. The third kappa shape index (κ3) is 3.27. The van der Waals surface area contributed by atoms with Gasteiger partial charge >= 0.3 is 6.18 Å². The topological polar surface area (TPSA) is 34.1 Å². The number of fused-ring (bicyclic) bond motifs is 1. The summed E-state index contributed by atoms with van der Waals surface area (Å²) in [5, 5.41) is 3.36. The average Bonchev–Trinajstić information content (AvgIpc) is 2.59. The van der Waals surface area contributed by atoms with Gasteiger partial charge in [0.2, 0.25) is 0 Å².